The first-order chi connectivity index (χ1) is 11.9. The van der Waals surface area contributed by atoms with Gasteiger partial charge in [0.1, 0.15) is 5.02 Å². The van der Waals surface area contributed by atoms with Crippen molar-refractivity contribution in [3.8, 4) is 0 Å². The number of nitrogens with zero attached hydrogens (tertiary/aromatic N) is 2. The average molecular weight is 401 g/mol. The highest BCUT2D eigenvalue weighted by Crippen LogP contribution is 2.38. The molecule has 2 rings (SSSR count). The summed E-state index contributed by atoms with van der Waals surface area (Å²) in [7, 11) is 0. The molecule has 2 aromatic rings. The molecule has 26 heavy (non-hydrogen) atoms. The Morgan fingerprint density at radius 2 is 1.81 bits per heavy atom. The lowest BCUT2D eigenvalue weighted by Crippen LogP contribution is -2.28. The fourth-order valence-electron chi connectivity index (χ4n) is 2.13. The zero-order chi connectivity index (χ0) is 19.9. The number of nitrogens with one attached hydrogen (secondary N) is 1. The van der Waals surface area contributed by atoms with Crippen molar-refractivity contribution in [3.05, 3.63) is 44.8 Å². The smallest absolute Gasteiger partial charge is 0.399 e. The summed E-state index contributed by atoms with van der Waals surface area (Å²) in [6.45, 7) is 1.22. The Balaban J connectivity index is 2.68. The molecule has 1 heterocycles. The van der Waals surface area contributed by atoms with E-state index in [1.807, 2.05) is 0 Å². The number of halogens is 7. The van der Waals surface area contributed by atoms with Crippen LogP contribution in [0.2, 0.25) is 5.02 Å². The minimum absolute atomic E-state index is 0.178. The van der Waals surface area contributed by atoms with E-state index in [9.17, 15) is 31.1 Å². The highest BCUT2D eigenvalue weighted by atomic mass is 35.5. The number of hydrogen-bond acceptors (Lipinski definition) is 4. The van der Waals surface area contributed by atoms with Gasteiger partial charge in [0.2, 0.25) is 5.95 Å². The van der Waals surface area contributed by atoms with Gasteiger partial charge in [0.25, 0.3) is 5.56 Å². The van der Waals surface area contributed by atoms with Crippen LogP contribution in [-0.4, -0.2) is 9.55 Å². The number of aromatic nitrogens is 2. The second-order valence-corrected chi connectivity index (χ2v) is 5.45. The van der Waals surface area contributed by atoms with Gasteiger partial charge in [-0.25, -0.2) is 4.98 Å². The summed E-state index contributed by atoms with van der Waals surface area (Å²) in [4.78, 5) is 15.2. The molecular weight excluding hydrogens is 390 g/mol. The number of nitrogens with two attached hydrogens (primary N) is 1. The third kappa shape index (κ3) is 3.87. The molecule has 0 spiro atoms. The zero-order valence-electron chi connectivity index (χ0n) is 13.0. The standard InChI is InChI=1S/C14H11ClF6N4O/c1-2-25-11(26)9(15)10(14(19,20)21)24-12(25)23-8-4-3-6(22)5-7(8)13(16,17)18/h3-5H,2,22H2,1H3,(H,23,24). The third-order valence-electron chi connectivity index (χ3n) is 3.29. The molecule has 3 N–H and O–H groups in total. The van der Waals surface area contributed by atoms with E-state index in [1.54, 1.807) is 0 Å². The molecule has 0 unspecified atom stereocenters. The van der Waals surface area contributed by atoms with Crippen LogP contribution in [0.5, 0.6) is 0 Å². The van der Waals surface area contributed by atoms with Crippen LogP contribution in [0.1, 0.15) is 18.2 Å². The molecule has 0 atom stereocenters. The van der Waals surface area contributed by atoms with Crippen molar-refractivity contribution in [1.29, 1.82) is 0 Å². The molecule has 0 fully saturated rings. The van der Waals surface area contributed by atoms with Crippen molar-refractivity contribution in [2.75, 3.05) is 11.1 Å². The maximum Gasteiger partial charge on any atom is 0.435 e. The molecule has 1 aromatic carbocycles. The van der Waals surface area contributed by atoms with Crippen LogP contribution in [0.15, 0.2) is 23.0 Å². The first-order valence-corrected chi connectivity index (χ1v) is 7.35. The second kappa shape index (κ2) is 6.71. The Kier molecular flexibility index (Phi) is 5.13. The largest absolute Gasteiger partial charge is 0.435 e. The predicted octanol–water partition coefficient (Wildman–Crippen LogP) is 4.28. The molecule has 0 bridgehead atoms. The molecule has 0 saturated heterocycles. The molecule has 142 valence electrons. The average Bonchev–Trinajstić information content (AvgIpc) is 2.50. The van der Waals surface area contributed by atoms with Gasteiger partial charge in [-0.2, -0.15) is 26.3 Å². The zero-order valence-corrected chi connectivity index (χ0v) is 13.7. The van der Waals surface area contributed by atoms with E-state index >= 15 is 0 Å². The van der Waals surface area contributed by atoms with Crippen LogP contribution >= 0.6 is 11.6 Å². The van der Waals surface area contributed by atoms with Crippen LogP contribution < -0.4 is 16.6 Å². The first-order valence-electron chi connectivity index (χ1n) is 6.97. The van der Waals surface area contributed by atoms with Crippen molar-refractivity contribution in [2.24, 2.45) is 0 Å². The van der Waals surface area contributed by atoms with Gasteiger partial charge < -0.3 is 11.1 Å². The Morgan fingerprint density at radius 3 is 2.31 bits per heavy atom. The molecular formula is C14H11ClF6N4O. The van der Waals surface area contributed by atoms with Crippen LogP contribution in [0.4, 0.5) is 43.7 Å². The van der Waals surface area contributed by atoms with Crippen molar-refractivity contribution in [2.45, 2.75) is 25.8 Å². The molecule has 0 aliphatic carbocycles. The number of benzene rings is 1. The molecule has 0 radical (unpaired) electrons. The Bertz CT molecular complexity index is 891. The van der Waals surface area contributed by atoms with E-state index in [4.69, 9.17) is 17.3 Å². The number of rotatable bonds is 3. The van der Waals surface area contributed by atoms with E-state index < -0.39 is 45.8 Å². The quantitative estimate of drug-likeness (QED) is 0.596. The molecule has 12 heteroatoms. The number of nitrogen functional groups attached to an aromatic ring is 1. The summed E-state index contributed by atoms with van der Waals surface area (Å²) >= 11 is 5.42. The Labute approximate surface area is 147 Å². The lowest BCUT2D eigenvalue weighted by atomic mass is 10.1. The van der Waals surface area contributed by atoms with Gasteiger partial charge in [-0.3, -0.25) is 9.36 Å². The second-order valence-electron chi connectivity index (χ2n) is 5.07. The predicted molar refractivity (Wildman–Crippen MR) is 83.3 cm³/mol. The molecule has 0 aliphatic rings. The normalized spacial score (nSPS) is 12.3. The van der Waals surface area contributed by atoms with E-state index in [-0.39, 0.29) is 12.2 Å². The van der Waals surface area contributed by atoms with E-state index in [2.05, 4.69) is 10.3 Å². The van der Waals surface area contributed by atoms with Crippen LogP contribution in [0.3, 0.4) is 0 Å². The van der Waals surface area contributed by atoms with E-state index in [0.717, 1.165) is 12.1 Å². The van der Waals surface area contributed by atoms with Gasteiger partial charge >= 0.3 is 12.4 Å². The maximum atomic E-state index is 13.1. The maximum absolute atomic E-state index is 13.1. The summed E-state index contributed by atoms with van der Waals surface area (Å²) in [6, 6.07) is 2.65. The van der Waals surface area contributed by atoms with Gasteiger partial charge in [-0.15, -0.1) is 0 Å². The van der Waals surface area contributed by atoms with Gasteiger partial charge in [0.05, 0.1) is 11.3 Å². The summed E-state index contributed by atoms with van der Waals surface area (Å²) in [5.74, 6) is -0.732. The fourth-order valence-corrected chi connectivity index (χ4v) is 2.39. The Morgan fingerprint density at radius 1 is 1.19 bits per heavy atom. The first kappa shape index (κ1) is 19.9. The van der Waals surface area contributed by atoms with E-state index in [0.29, 0.717) is 10.6 Å². The van der Waals surface area contributed by atoms with Gasteiger partial charge in [-0.05, 0) is 25.1 Å². The summed E-state index contributed by atoms with van der Waals surface area (Å²) < 4.78 is 79.1. The highest BCUT2D eigenvalue weighted by Gasteiger charge is 2.38. The number of anilines is 3. The Hall–Kier alpha value is -2.43. The molecule has 1 aromatic heterocycles. The minimum Gasteiger partial charge on any atom is -0.399 e. The molecule has 5 nitrogen and oxygen atoms in total. The van der Waals surface area contributed by atoms with Crippen LogP contribution in [-0.2, 0) is 18.9 Å². The van der Waals surface area contributed by atoms with E-state index in [1.165, 1.54) is 6.92 Å². The number of alkyl halides is 6. The summed E-state index contributed by atoms with van der Waals surface area (Å²) in [6.07, 6.45) is -9.90. The van der Waals surface area contributed by atoms with Crippen LogP contribution in [0, 0.1) is 0 Å². The molecule has 0 aliphatic heterocycles. The minimum atomic E-state index is -5.06. The fraction of sp³-hybridized carbons (Fsp3) is 0.286. The molecule has 0 saturated carbocycles. The van der Waals surface area contributed by atoms with Gasteiger partial charge in [0, 0.05) is 12.2 Å². The SMILES string of the molecule is CCn1c(Nc2ccc(N)cc2C(F)(F)F)nc(C(F)(F)F)c(Cl)c1=O. The van der Waals surface area contributed by atoms with Gasteiger partial charge in [0.15, 0.2) is 5.69 Å². The van der Waals surface area contributed by atoms with Crippen molar-refractivity contribution < 1.29 is 26.3 Å². The summed E-state index contributed by atoms with van der Waals surface area (Å²) in [5.41, 5.74) is 0.369. The summed E-state index contributed by atoms with van der Waals surface area (Å²) in [5, 5.41) is 0.956. The van der Waals surface area contributed by atoms with Crippen molar-refractivity contribution >= 4 is 28.9 Å². The third-order valence-corrected chi connectivity index (χ3v) is 3.64. The lowest BCUT2D eigenvalue weighted by molar-refractivity contribution is -0.141. The van der Waals surface area contributed by atoms with Crippen molar-refractivity contribution in [1.82, 2.24) is 9.55 Å². The molecule has 0 amide bonds. The topological polar surface area (TPSA) is 72.9 Å². The monoisotopic (exact) mass is 400 g/mol. The number of hydrogen-bond donors (Lipinski definition) is 2. The van der Waals surface area contributed by atoms with Gasteiger partial charge in [-0.1, -0.05) is 11.6 Å². The lowest BCUT2D eigenvalue weighted by Gasteiger charge is -2.19. The van der Waals surface area contributed by atoms with Crippen molar-refractivity contribution in [3.63, 3.8) is 0 Å². The highest BCUT2D eigenvalue weighted by molar-refractivity contribution is 6.31. The van der Waals surface area contributed by atoms with Crippen LogP contribution in [0.25, 0.3) is 0 Å².